The van der Waals surface area contributed by atoms with Crippen molar-refractivity contribution in [2.24, 2.45) is 10.8 Å². The zero-order chi connectivity index (χ0) is 13.6. The number of methoxy groups -OCH3 is 1. The molecule has 0 aliphatic carbocycles. The molecule has 3 heteroatoms. The predicted octanol–water partition coefficient (Wildman–Crippen LogP) is 3.22. The van der Waals surface area contributed by atoms with E-state index >= 15 is 0 Å². The van der Waals surface area contributed by atoms with Crippen LogP contribution in [0, 0.1) is 10.8 Å². The summed E-state index contributed by atoms with van der Waals surface area (Å²) in [7, 11) is 1.34. The van der Waals surface area contributed by atoms with Gasteiger partial charge in [0.25, 0.3) is 0 Å². The number of carbonyl (C=O) groups excluding carboxylic acids is 2. The molecule has 0 unspecified atom stereocenters. The van der Waals surface area contributed by atoms with E-state index in [1.54, 1.807) is 34.6 Å². The molecule has 0 aliphatic rings. The highest BCUT2D eigenvalue weighted by Crippen LogP contribution is 2.40. The van der Waals surface area contributed by atoms with Crippen LogP contribution in [0.3, 0.4) is 0 Å². The van der Waals surface area contributed by atoms with Gasteiger partial charge in [0, 0.05) is 11.8 Å². The van der Waals surface area contributed by atoms with Gasteiger partial charge in [0.1, 0.15) is 5.78 Å². The molecular weight excluding hydrogens is 204 g/mol. The highest BCUT2D eigenvalue weighted by atomic mass is 16.5. The van der Waals surface area contributed by atoms with Gasteiger partial charge in [-0.05, 0) is 13.8 Å². The molecule has 0 rings (SSSR count). The lowest BCUT2D eigenvalue weighted by Crippen LogP contribution is -2.45. The molecule has 0 saturated carbocycles. The van der Waals surface area contributed by atoms with Crippen LogP contribution in [-0.4, -0.2) is 18.9 Å². The normalized spacial score (nSPS) is 11.2. The molecule has 16 heavy (non-hydrogen) atoms. The van der Waals surface area contributed by atoms with E-state index in [1.165, 1.54) is 7.11 Å². The highest BCUT2D eigenvalue weighted by molar-refractivity contribution is 5.91. The van der Waals surface area contributed by atoms with E-state index in [4.69, 9.17) is 4.74 Å². The summed E-state index contributed by atoms with van der Waals surface area (Å²) < 4.78 is 4.70. The second-order valence-corrected chi connectivity index (χ2v) is 4.52. The van der Waals surface area contributed by atoms with Gasteiger partial charge in [0.05, 0.1) is 12.5 Å². The third kappa shape index (κ3) is 3.32. The molecule has 0 spiro atoms. The summed E-state index contributed by atoms with van der Waals surface area (Å²) in [5, 5.41) is 0. The summed E-state index contributed by atoms with van der Waals surface area (Å²) >= 11 is 0. The van der Waals surface area contributed by atoms with Crippen molar-refractivity contribution in [3.05, 3.63) is 0 Å². The van der Waals surface area contributed by atoms with Crippen LogP contribution in [0.5, 0.6) is 0 Å². The Kier molecular flexibility index (Phi) is 7.30. The van der Waals surface area contributed by atoms with Crippen molar-refractivity contribution in [3.8, 4) is 0 Å². The number of hydrogen-bond acceptors (Lipinski definition) is 3. The smallest absolute Gasteiger partial charge is 0.312 e. The molecule has 0 saturated heterocycles. The molecule has 0 radical (unpaired) electrons. The summed E-state index contributed by atoms with van der Waals surface area (Å²) in [5.74, 6) is -0.266. The minimum Gasteiger partial charge on any atom is -0.469 e. The average molecular weight is 230 g/mol. The summed E-state index contributed by atoms with van der Waals surface area (Å²) in [6.07, 6.45) is 0.438. The van der Waals surface area contributed by atoms with Crippen LogP contribution in [0.4, 0.5) is 0 Å². The number of rotatable bonds is 4. The molecular formula is C13H26O3. The van der Waals surface area contributed by atoms with Gasteiger partial charge in [0.15, 0.2) is 0 Å². The number of Topliss-reactive ketones (excluding diaryl/α,β-unsaturated/α-hetero) is 1. The van der Waals surface area contributed by atoms with E-state index in [9.17, 15) is 9.59 Å². The molecule has 0 aliphatic heterocycles. The summed E-state index contributed by atoms with van der Waals surface area (Å²) in [5.41, 5.74) is -1.47. The van der Waals surface area contributed by atoms with Gasteiger partial charge >= 0.3 is 5.97 Å². The number of ketones is 1. The van der Waals surface area contributed by atoms with Crippen molar-refractivity contribution < 1.29 is 14.3 Å². The third-order valence-corrected chi connectivity index (χ3v) is 3.28. The van der Waals surface area contributed by atoms with Crippen LogP contribution in [0.1, 0.15) is 54.9 Å². The minimum atomic E-state index is -0.783. The van der Waals surface area contributed by atoms with E-state index in [2.05, 4.69) is 0 Å². The summed E-state index contributed by atoms with van der Waals surface area (Å²) in [6, 6.07) is 0. The maximum atomic E-state index is 11.7. The molecule has 0 amide bonds. The highest BCUT2D eigenvalue weighted by Gasteiger charge is 2.47. The van der Waals surface area contributed by atoms with Gasteiger partial charge in [-0.25, -0.2) is 0 Å². The van der Waals surface area contributed by atoms with Crippen molar-refractivity contribution in [3.63, 3.8) is 0 Å². The monoisotopic (exact) mass is 230 g/mol. The lowest BCUT2D eigenvalue weighted by atomic mass is 9.65. The lowest BCUT2D eigenvalue weighted by molar-refractivity contribution is -0.162. The Morgan fingerprint density at radius 3 is 1.62 bits per heavy atom. The molecule has 3 nitrogen and oxygen atoms in total. The lowest BCUT2D eigenvalue weighted by Gasteiger charge is -2.37. The van der Waals surface area contributed by atoms with E-state index in [1.807, 2.05) is 13.8 Å². The fourth-order valence-electron chi connectivity index (χ4n) is 1.30. The Labute approximate surface area is 99.6 Å². The van der Waals surface area contributed by atoms with E-state index in [0.717, 1.165) is 0 Å². The van der Waals surface area contributed by atoms with Crippen LogP contribution >= 0.6 is 0 Å². The second kappa shape index (κ2) is 6.66. The Morgan fingerprint density at radius 2 is 1.38 bits per heavy atom. The molecule has 0 fully saturated rings. The first-order valence-corrected chi connectivity index (χ1v) is 5.83. The predicted molar refractivity (Wildman–Crippen MR) is 66.2 cm³/mol. The summed E-state index contributed by atoms with van der Waals surface area (Å²) in [6.45, 7) is 12.9. The Bertz CT molecular complexity index is 214. The SMILES string of the molecule is CC.CCC(=O)C(C)(C)C(C)(C)C(=O)OC. The van der Waals surface area contributed by atoms with Crippen molar-refractivity contribution in [1.29, 1.82) is 0 Å². The largest absolute Gasteiger partial charge is 0.469 e. The number of hydrogen-bond donors (Lipinski definition) is 0. The van der Waals surface area contributed by atoms with Crippen LogP contribution in [0.25, 0.3) is 0 Å². The molecule has 0 aromatic carbocycles. The van der Waals surface area contributed by atoms with Gasteiger partial charge in [0.2, 0.25) is 0 Å². The minimum absolute atomic E-state index is 0.0768. The molecule has 0 bridgehead atoms. The molecule has 0 aromatic rings. The van der Waals surface area contributed by atoms with Crippen molar-refractivity contribution in [2.45, 2.75) is 54.9 Å². The number of carbonyl (C=O) groups is 2. The van der Waals surface area contributed by atoms with Crippen molar-refractivity contribution in [1.82, 2.24) is 0 Å². The Hall–Kier alpha value is -0.860. The molecule has 0 atom stereocenters. The van der Waals surface area contributed by atoms with Gasteiger partial charge in [-0.15, -0.1) is 0 Å². The Balaban J connectivity index is 0. The van der Waals surface area contributed by atoms with Crippen LogP contribution in [0.15, 0.2) is 0 Å². The second-order valence-electron chi connectivity index (χ2n) is 4.52. The quantitative estimate of drug-likeness (QED) is 0.696. The first-order valence-electron chi connectivity index (χ1n) is 5.83. The van der Waals surface area contributed by atoms with Crippen molar-refractivity contribution >= 4 is 11.8 Å². The molecule has 0 aromatic heterocycles. The standard InChI is InChI=1S/C11H20O3.C2H6/c1-7-8(12)10(2,3)11(4,5)9(13)14-6;1-2/h7H2,1-6H3;1-2H3. The number of esters is 1. The van der Waals surface area contributed by atoms with Gasteiger partial charge in [-0.3, -0.25) is 9.59 Å². The maximum absolute atomic E-state index is 11.7. The summed E-state index contributed by atoms with van der Waals surface area (Å²) in [4.78, 5) is 23.2. The first kappa shape index (κ1) is 17.5. The number of ether oxygens (including phenoxy) is 1. The van der Waals surface area contributed by atoms with Crippen molar-refractivity contribution in [2.75, 3.05) is 7.11 Å². The fourth-order valence-corrected chi connectivity index (χ4v) is 1.30. The van der Waals surface area contributed by atoms with Crippen LogP contribution in [0.2, 0.25) is 0 Å². The van der Waals surface area contributed by atoms with E-state index in [0.29, 0.717) is 6.42 Å². The van der Waals surface area contributed by atoms with Gasteiger partial charge in [-0.2, -0.15) is 0 Å². The molecule has 96 valence electrons. The van der Waals surface area contributed by atoms with Gasteiger partial charge < -0.3 is 4.74 Å². The first-order chi connectivity index (χ1) is 7.21. The average Bonchev–Trinajstić information content (AvgIpc) is 2.28. The fraction of sp³-hybridized carbons (Fsp3) is 0.846. The van der Waals surface area contributed by atoms with Crippen LogP contribution in [-0.2, 0) is 14.3 Å². The van der Waals surface area contributed by atoms with Crippen LogP contribution < -0.4 is 0 Å². The zero-order valence-electron chi connectivity index (χ0n) is 11.9. The Morgan fingerprint density at radius 1 is 1.00 bits per heavy atom. The molecule has 0 heterocycles. The van der Waals surface area contributed by atoms with E-state index < -0.39 is 10.8 Å². The topological polar surface area (TPSA) is 43.4 Å². The van der Waals surface area contributed by atoms with Gasteiger partial charge in [-0.1, -0.05) is 34.6 Å². The van der Waals surface area contributed by atoms with E-state index in [-0.39, 0.29) is 11.8 Å². The zero-order valence-corrected chi connectivity index (χ0v) is 11.9. The third-order valence-electron chi connectivity index (χ3n) is 3.28. The maximum Gasteiger partial charge on any atom is 0.312 e. The molecule has 0 N–H and O–H groups in total.